The fourth-order valence-corrected chi connectivity index (χ4v) is 2.81. The number of hydrogen-bond donors (Lipinski definition) is 1. The van der Waals surface area contributed by atoms with E-state index in [4.69, 9.17) is 14.2 Å². The summed E-state index contributed by atoms with van der Waals surface area (Å²) in [6.07, 6.45) is 1.50. The Bertz CT molecular complexity index is 900. The summed E-state index contributed by atoms with van der Waals surface area (Å²) in [5.41, 5.74) is 0.322. The van der Waals surface area contributed by atoms with E-state index < -0.39 is 29.1 Å². The van der Waals surface area contributed by atoms with E-state index in [-0.39, 0.29) is 23.1 Å². The van der Waals surface area contributed by atoms with E-state index in [0.29, 0.717) is 6.42 Å². The van der Waals surface area contributed by atoms with Crippen molar-refractivity contribution in [2.75, 3.05) is 20.8 Å². The summed E-state index contributed by atoms with van der Waals surface area (Å²) in [6, 6.07) is 11.9. The van der Waals surface area contributed by atoms with Gasteiger partial charge in [0.25, 0.3) is 11.6 Å². The molecule has 0 aliphatic carbocycles. The zero-order valence-corrected chi connectivity index (χ0v) is 17.0. The molecule has 0 aromatic heterocycles. The van der Waals surface area contributed by atoms with Crippen molar-refractivity contribution in [1.29, 1.82) is 0 Å². The van der Waals surface area contributed by atoms with Crippen molar-refractivity contribution >= 4 is 17.6 Å². The molecule has 1 N–H and O–H groups in total. The molecular weight excluding hydrogens is 392 g/mol. The number of carbonyl (C=O) groups excluding carboxylic acids is 2. The Labute approximate surface area is 174 Å². The zero-order valence-electron chi connectivity index (χ0n) is 17.0. The van der Waals surface area contributed by atoms with Crippen molar-refractivity contribution in [3.8, 4) is 11.5 Å². The molecule has 160 valence electrons. The van der Waals surface area contributed by atoms with Crippen LogP contribution in [0.2, 0.25) is 0 Å². The molecule has 2 rings (SSSR count). The summed E-state index contributed by atoms with van der Waals surface area (Å²) >= 11 is 0. The molecule has 0 unspecified atom stereocenters. The Morgan fingerprint density at radius 1 is 1.10 bits per heavy atom. The molecule has 0 aliphatic rings. The largest absolute Gasteiger partial charge is 0.493 e. The third kappa shape index (κ3) is 6.20. The van der Waals surface area contributed by atoms with Gasteiger partial charge in [0.2, 0.25) is 0 Å². The number of nitrogens with one attached hydrogen (secondary N) is 1. The van der Waals surface area contributed by atoms with Crippen LogP contribution in [-0.4, -0.2) is 43.7 Å². The van der Waals surface area contributed by atoms with Crippen LogP contribution in [0.3, 0.4) is 0 Å². The molecule has 9 heteroatoms. The second kappa shape index (κ2) is 10.8. The Morgan fingerprint density at radius 3 is 2.33 bits per heavy atom. The molecule has 0 spiro atoms. The molecule has 0 saturated heterocycles. The van der Waals surface area contributed by atoms with Crippen LogP contribution in [0.1, 0.15) is 29.3 Å². The Hall–Kier alpha value is -3.62. The second-order valence-electron chi connectivity index (χ2n) is 6.55. The lowest BCUT2D eigenvalue weighted by atomic mass is 10.1. The number of rotatable bonds is 10. The van der Waals surface area contributed by atoms with Crippen molar-refractivity contribution in [2.45, 2.75) is 25.8 Å². The van der Waals surface area contributed by atoms with Crippen molar-refractivity contribution in [2.24, 2.45) is 0 Å². The number of hydrogen-bond acceptors (Lipinski definition) is 7. The first-order valence-electron chi connectivity index (χ1n) is 9.26. The van der Waals surface area contributed by atoms with Crippen molar-refractivity contribution in [3.63, 3.8) is 0 Å². The monoisotopic (exact) mass is 416 g/mol. The van der Waals surface area contributed by atoms with Gasteiger partial charge in [-0.05, 0) is 25.3 Å². The maximum atomic E-state index is 12.3. The molecule has 0 aliphatic heterocycles. The van der Waals surface area contributed by atoms with Gasteiger partial charge in [-0.1, -0.05) is 30.3 Å². The van der Waals surface area contributed by atoms with Gasteiger partial charge in [-0.2, -0.15) is 0 Å². The Balaban J connectivity index is 1.94. The van der Waals surface area contributed by atoms with Gasteiger partial charge < -0.3 is 19.5 Å². The van der Waals surface area contributed by atoms with Crippen LogP contribution in [0.4, 0.5) is 5.69 Å². The number of nitro groups is 1. The third-order valence-electron chi connectivity index (χ3n) is 4.37. The minimum Gasteiger partial charge on any atom is -0.493 e. The van der Waals surface area contributed by atoms with E-state index >= 15 is 0 Å². The predicted molar refractivity (Wildman–Crippen MR) is 109 cm³/mol. The Kier molecular flexibility index (Phi) is 8.16. The molecule has 0 saturated carbocycles. The minimum atomic E-state index is -1.00. The van der Waals surface area contributed by atoms with Crippen LogP contribution < -0.4 is 14.8 Å². The normalized spacial score (nSPS) is 11.3. The second-order valence-corrected chi connectivity index (χ2v) is 6.55. The van der Waals surface area contributed by atoms with Gasteiger partial charge >= 0.3 is 5.97 Å². The first-order valence-corrected chi connectivity index (χ1v) is 9.26. The quantitative estimate of drug-likeness (QED) is 0.359. The van der Waals surface area contributed by atoms with Gasteiger partial charge in [0.1, 0.15) is 5.56 Å². The van der Waals surface area contributed by atoms with Crippen LogP contribution in [0.5, 0.6) is 11.5 Å². The summed E-state index contributed by atoms with van der Waals surface area (Å²) in [7, 11) is 2.66. The highest BCUT2D eigenvalue weighted by Gasteiger charge is 2.26. The molecule has 1 amide bonds. The molecule has 0 radical (unpaired) electrons. The lowest BCUT2D eigenvalue weighted by Crippen LogP contribution is -2.36. The van der Waals surface area contributed by atoms with Gasteiger partial charge in [-0.3, -0.25) is 14.9 Å². The number of amides is 1. The van der Waals surface area contributed by atoms with Crippen LogP contribution in [-0.2, 0) is 16.0 Å². The molecule has 0 heterocycles. The fourth-order valence-electron chi connectivity index (χ4n) is 2.81. The third-order valence-corrected chi connectivity index (χ3v) is 4.37. The fraction of sp³-hybridized carbons (Fsp3) is 0.333. The van der Waals surface area contributed by atoms with Crippen LogP contribution in [0.25, 0.3) is 0 Å². The molecule has 30 heavy (non-hydrogen) atoms. The van der Waals surface area contributed by atoms with Gasteiger partial charge in [-0.15, -0.1) is 0 Å². The number of carbonyl (C=O) groups is 2. The van der Waals surface area contributed by atoms with Crippen LogP contribution in [0, 0.1) is 10.1 Å². The lowest BCUT2D eigenvalue weighted by Gasteiger charge is -2.14. The van der Waals surface area contributed by atoms with Gasteiger partial charge in [0.05, 0.1) is 25.2 Å². The van der Waals surface area contributed by atoms with Gasteiger partial charge in [0.15, 0.2) is 18.1 Å². The smallest absolute Gasteiger partial charge is 0.345 e. The maximum Gasteiger partial charge on any atom is 0.345 e. The number of methoxy groups -OCH3 is 2. The van der Waals surface area contributed by atoms with E-state index in [1.807, 2.05) is 37.3 Å². The molecule has 1 atom stereocenters. The molecule has 2 aromatic carbocycles. The summed E-state index contributed by atoms with van der Waals surface area (Å²) < 4.78 is 15.0. The number of ether oxygens (including phenoxy) is 3. The van der Waals surface area contributed by atoms with E-state index in [0.717, 1.165) is 24.1 Å². The average Bonchev–Trinajstić information content (AvgIpc) is 2.75. The van der Waals surface area contributed by atoms with Gasteiger partial charge in [-0.25, -0.2) is 4.79 Å². The zero-order chi connectivity index (χ0) is 22.1. The highest BCUT2D eigenvalue weighted by atomic mass is 16.6. The molecule has 2 aromatic rings. The van der Waals surface area contributed by atoms with E-state index in [1.54, 1.807) is 0 Å². The van der Waals surface area contributed by atoms with E-state index in [9.17, 15) is 19.7 Å². The number of aryl methyl sites for hydroxylation is 1. The summed E-state index contributed by atoms with van der Waals surface area (Å²) in [6.45, 7) is 1.29. The topological polar surface area (TPSA) is 117 Å². The predicted octanol–water partition coefficient (Wildman–Crippen LogP) is 2.91. The molecule has 9 nitrogen and oxygen atoms in total. The van der Waals surface area contributed by atoms with E-state index in [1.165, 1.54) is 14.2 Å². The minimum absolute atomic E-state index is 0.103. The average molecular weight is 416 g/mol. The summed E-state index contributed by atoms with van der Waals surface area (Å²) in [5, 5.41) is 14.0. The summed E-state index contributed by atoms with van der Waals surface area (Å²) in [5.74, 6) is -1.26. The number of nitrogens with zero attached hydrogens (tertiary/aromatic N) is 1. The lowest BCUT2D eigenvalue weighted by molar-refractivity contribution is -0.385. The number of esters is 1. The first-order chi connectivity index (χ1) is 14.3. The van der Waals surface area contributed by atoms with Crippen molar-refractivity contribution < 1.29 is 28.7 Å². The maximum absolute atomic E-state index is 12.3. The van der Waals surface area contributed by atoms with Gasteiger partial charge in [0, 0.05) is 12.1 Å². The first kappa shape index (κ1) is 22.7. The Morgan fingerprint density at radius 2 is 1.73 bits per heavy atom. The standard InChI is InChI=1S/C21H24N2O7/c1-14(9-10-15-7-5-4-6-8-15)22-20(24)13-30-21(25)16-11-18(28-2)19(29-3)12-17(16)23(26)27/h4-8,11-12,14H,9-10,13H2,1-3H3,(H,22,24)/t14-/m0/s1. The van der Waals surface area contributed by atoms with Crippen LogP contribution >= 0.6 is 0 Å². The number of nitro benzene ring substituents is 1. The molecule has 0 bridgehead atoms. The SMILES string of the molecule is COc1cc(C(=O)OCC(=O)N[C@@H](C)CCc2ccccc2)c([N+](=O)[O-])cc1OC. The molecular formula is C21H24N2O7. The highest BCUT2D eigenvalue weighted by Crippen LogP contribution is 2.34. The summed E-state index contributed by atoms with van der Waals surface area (Å²) in [4.78, 5) is 35.0. The number of benzene rings is 2. The molecule has 0 fully saturated rings. The van der Waals surface area contributed by atoms with Crippen molar-refractivity contribution in [3.05, 3.63) is 63.7 Å². The van der Waals surface area contributed by atoms with Crippen molar-refractivity contribution in [1.82, 2.24) is 5.32 Å². The van der Waals surface area contributed by atoms with E-state index in [2.05, 4.69) is 5.32 Å². The highest BCUT2D eigenvalue weighted by molar-refractivity contribution is 5.96. The van der Waals surface area contributed by atoms with Crippen LogP contribution in [0.15, 0.2) is 42.5 Å².